The Labute approximate surface area is 107 Å². The van der Waals surface area contributed by atoms with Gasteiger partial charge in [-0.25, -0.2) is 0 Å². The third-order valence-corrected chi connectivity index (χ3v) is 3.25. The van der Waals surface area contributed by atoms with Crippen molar-refractivity contribution in [2.45, 2.75) is 19.3 Å². The van der Waals surface area contributed by atoms with Crippen molar-refractivity contribution in [1.82, 2.24) is 0 Å². The van der Waals surface area contributed by atoms with Crippen LogP contribution in [0.1, 0.15) is 18.4 Å². The van der Waals surface area contributed by atoms with E-state index in [-0.39, 0.29) is 10.7 Å². The van der Waals surface area contributed by atoms with Gasteiger partial charge in [-0.3, -0.25) is 4.79 Å². The van der Waals surface area contributed by atoms with Crippen molar-refractivity contribution in [3.05, 3.63) is 60.2 Å². The molecule has 1 nitrogen and oxygen atoms in total. The smallest absolute Gasteiger partial charge is 0.222 e. The molecular weight excluding hydrogens is 232 g/mol. The summed E-state index contributed by atoms with van der Waals surface area (Å²) in [7, 11) is 0. The Morgan fingerprint density at radius 1 is 1.24 bits per heavy atom. The van der Waals surface area contributed by atoms with E-state index in [2.05, 4.69) is 24.3 Å². The first-order chi connectivity index (χ1) is 8.20. The number of hydrogen-bond donors (Lipinski definition) is 0. The van der Waals surface area contributed by atoms with Crippen molar-refractivity contribution in [2.24, 2.45) is 5.41 Å². The Balaban J connectivity index is 2.19. The average molecular weight is 247 g/mol. The molecule has 1 aromatic rings. The maximum atomic E-state index is 11.2. The number of rotatable bonds is 4. The van der Waals surface area contributed by atoms with Crippen LogP contribution in [0.4, 0.5) is 0 Å². The minimum Gasteiger partial charge on any atom is -0.281 e. The van der Waals surface area contributed by atoms with Gasteiger partial charge in [-0.15, -0.1) is 0 Å². The van der Waals surface area contributed by atoms with Crippen LogP contribution in [0.2, 0.25) is 0 Å². The molecule has 0 spiro atoms. The van der Waals surface area contributed by atoms with Crippen molar-refractivity contribution < 1.29 is 4.79 Å². The molecule has 0 saturated heterocycles. The number of carbonyl (C=O) groups is 1. The lowest BCUT2D eigenvalue weighted by atomic mass is 9.74. The molecule has 1 aromatic carbocycles. The van der Waals surface area contributed by atoms with E-state index in [9.17, 15) is 4.79 Å². The second-order valence-electron chi connectivity index (χ2n) is 4.55. The van der Waals surface area contributed by atoms with Crippen molar-refractivity contribution in [3.63, 3.8) is 0 Å². The molecule has 0 heterocycles. The molecule has 0 aliphatic heterocycles. The molecule has 0 saturated carbocycles. The van der Waals surface area contributed by atoms with Crippen molar-refractivity contribution in [3.8, 4) is 0 Å². The summed E-state index contributed by atoms with van der Waals surface area (Å²) in [6.45, 7) is 0. The van der Waals surface area contributed by atoms with Crippen LogP contribution in [0, 0.1) is 5.41 Å². The first kappa shape index (κ1) is 12.1. The number of hydrogen-bond acceptors (Lipinski definition) is 1. The molecule has 0 N–H and O–H groups in total. The molecule has 1 unspecified atom stereocenters. The molecule has 2 rings (SSSR count). The van der Waals surface area contributed by atoms with Gasteiger partial charge in [0.2, 0.25) is 5.24 Å². The molecule has 1 aliphatic carbocycles. The first-order valence-electron chi connectivity index (χ1n) is 5.77. The van der Waals surface area contributed by atoms with Crippen LogP contribution in [-0.4, -0.2) is 5.24 Å². The summed E-state index contributed by atoms with van der Waals surface area (Å²) in [6, 6.07) is 10.2. The van der Waals surface area contributed by atoms with Crippen LogP contribution in [-0.2, 0) is 11.2 Å². The summed E-state index contributed by atoms with van der Waals surface area (Å²) < 4.78 is 0. The molecule has 1 atom stereocenters. The zero-order valence-corrected chi connectivity index (χ0v) is 10.4. The summed E-state index contributed by atoms with van der Waals surface area (Å²) in [5, 5.41) is -0.263. The van der Waals surface area contributed by atoms with E-state index in [4.69, 9.17) is 11.6 Å². The van der Waals surface area contributed by atoms with Crippen LogP contribution in [0.25, 0.3) is 0 Å². The quantitative estimate of drug-likeness (QED) is 0.737. The van der Waals surface area contributed by atoms with Gasteiger partial charge in [0.1, 0.15) is 0 Å². The Hall–Kier alpha value is -1.34. The molecule has 2 heteroatoms. The lowest BCUT2D eigenvalue weighted by Crippen LogP contribution is -2.24. The lowest BCUT2D eigenvalue weighted by molar-refractivity contribution is -0.113. The van der Waals surface area contributed by atoms with Gasteiger partial charge in [0.05, 0.1) is 0 Å². The van der Waals surface area contributed by atoms with Crippen LogP contribution in [0.3, 0.4) is 0 Å². The monoisotopic (exact) mass is 246 g/mol. The Morgan fingerprint density at radius 3 is 2.59 bits per heavy atom. The predicted molar refractivity (Wildman–Crippen MR) is 71.0 cm³/mol. The van der Waals surface area contributed by atoms with E-state index in [1.807, 2.05) is 30.4 Å². The van der Waals surface area contributed by atoms with Gasteiger partial charge in [-0.05, 0) is 30.0 Å². The van der Waals surface area contributed by atoms with Gasteiger partial charge in [0, 0.05) is 11.8 Å². The lowest BCUT2D eigenvalue weighted by Gasteiger charge is -2.30. The minimum absolute atomic E-state index is 0.144. The third-order valence-electron chi connectivity index (χ3n) is 3.11. The largest absolute Gasteiger partial charge is 0.281 e. The van der Waals surface area contributed by atoms with Crippen molar-refractivity contribution >= 4 is 16.8 Å². The van der Waals surface area contributed by atoms with Crippen LogP contribution >= 0.6 is 11.6 Å². The fourth-order valence-electron chi connectivity index (χ4n) is 2.31. The number of halogens is 1. The number of carbonyl (C=O) groups excluding carboxylic acids is 1. The third kappa shape index (κ3) is 3.31. The normalized spacial score (nSPS) is 22.6. The van der Waals surface area contributed by atoms with E-state index in [0.717, 1.165) is 12.8 Å². The Bertz CT molecular complexity index is 447. The second kappa shape index (κ2) is 5.33. The highest BCUT2D eigenvalue weighted by atomic mass is 35.5. The van der Waals surface area contributed by atoms with Gasteiger partial charge in [-0.2, -0.15) is 0 Å². The average Bonchev–Trinajstić information content (AvgIpc) is 2.30. The second-order valence-corrected chi connectivity index (χ2v) is 4.97. The molecular formula is C15H15ClO. The first-order valence-corrected chi connectivity index (χ1v) is 6.15. The van der Waals surface area contributed by atoms with E-state index in [1.165, 1.54) is 5.56 Å². The molecule has 1 aliphatic rings. The topological polar surface area (TPSA) is 17.1 Å². The van der Waals surface area contributed by atoms with Gasteiger partial charge >= 0.3 is 0 Å². The molecule has 0 amide bonds. The molecule has 0 aromatic heterocycles. The number of allylic oxidation sites excluding steroid dienone is 4. The highest BCUT2D eigenvalue weighted by Gasteiger charge is 2.29. The minimum atomic E-state index is -0.263. The Kier molecular flexibility index (Phi) is 3.80. The van der Waals surface area contributed by atoms with Crippen molar-refractivity contribution in [2.75, 3.05) is 0 Å². The van der Waals surface area contributed by atoms with E-state index >= 15 is 0 Å². The fraction of sp³-hybridized carbons (Fsp3) is 0.267. The van der Waals surface area contributed by atoms with Crippen LogP contribution < -0.4 is 0 Å². The molecule has 17 heavy (non-hydrogen) atoms. The highest BCUT2D eigenvalue weighted by molar-refractivity contribution is 6.63. The summed E-state index contributed by atoms with van der Waals surface area (Å²) in [5.74, 6) is 0. The summed E-state index contributed by atoms with van der Waals surface area (Å²) >= 11 is 5.57. The van der Waals surface area contributed by atoms with E-state index < -0.39 is 0 Å². The molecule has 0 radical (unpaired) electrons. The maximum absolute atomic E-state index is 11.2. The van der Waals surface area contributed by atoms with E-state index in [0.29, 0.717) is 6.42 Å². The Morgan fingerprint density at radius 2 is 2.00 bits per heavy atom. The summed E-state index contributed by atoms with van der Waals surface area (Å²) in [4.78, 5) is 11.2. The molecule has 0 bridgehead atoms. The fourth-order valence-corrected chi connectivity index (χ4v) is 2.58. The van der Waals surface area contributed by atoms with Gasteiger partial charge in [0.15, 0.2) is 0 Å². The number of benzene rings is 1. The SMILES string of the molecule is O=C(Cl)CC1(Cc2ccccc2)C=CC=CC1. The van der Waals surface area contributed by atoms with Gasteiger partial charge in [-0.1, -0.05) is 54.6 Å². The summed E-state index contributed by atoms with van der Waals surface area (Å²) in [6.07, 6.45) is 10.4. The standard InChI is InChI=1S/C15H15ClO/c16-14(17)12-15(9-5-2-6-10-15)11-13-7-3-1-4-8-13/h1-9H,10-12H2. The maximum Gasteiger partial charge on any atom is 0.222 e. The molecule has 0 fully saturated rings. The van der Waals surface area contributed by atoms with Crippen LogP contribution in [0.15, 0.2) is 54.6 Å². The van der Waals surface area contributed by atoms with Crippen molar-refractivity contribution in [1.29, 1.82) is 0 Å². The predicted octanol–water partition coefficient (Wildman–Crippen LogP) is 3.89. The highest BCUT2D eigenvalue weighted by Crippen LogP contribution is 2.36. The molecule has 88 valence electrons. The van der Waals surface area contributed by atoms with Gasteiger partial charge in [0.25, 0.3) is 0 Å². The van der Waals surface area contributed by atoms with E-state index in [1.54, 1.807) is 0 Å². The summed E-state index contributed by atoms with van der Waals surface area (Å²) in [5.41, 5.74) is 1.10. The zero-order chi connectivity index (χ0) is 12.1. The van der Waals surface area contributed by atoms with Gasteiger partial charge < -0.3 is 0 Å². The van der Waals surface area contributed by atoms with Crippen LogP contribution in [0.5, 0.6) is 0 Å². The zero-order valence-electron chi connectivity index (χ0n) is 9.60.